The molecule has 0 atom stereocenters. The number of nitrogens with one attached hydrogen (secondary N) is 4. The van der Waals surface area contributed by atoms with Crippen molar-refractivity contribution >= 4 is 29.5 Å². The summed E-state index contributed by atoms with van der Waals surface area (Å²) >= 11 is 0. The Labute approximate surface area is 213 Å². The first kappa shape index (κ1) is 26.9. The smallest absolute Gasteiger partial charge is 0.407 e. The Hall–Kier alpha value is -4.73. The number of halogens is 1. The molecule has 3 rings (SSSR count). The average molecular weight is 507 g/mol. The van der Waals surface area contributed by atoms with Gasteiger partial charge in [-0.1, -0.05) is 48.5 Å². The summed E-state index contributed by atoms with van der Waals surface area (Å²) in [5, 5.41) is 10.2. The fourth-order valence-electron chi connectivity index (χ4n) is 3.33. The molecule has 0 aromatic heterocycles. The second-order valence-electron chi connectivity index (χ2n) is 7.86. The number of amides is 4. The molecule has 10 heteroatoms. The number of carbonyl (C=O) groups excluding carboxylic acids is 4. The van der Waals surface area contributed by atoms with E-state index in [1.54, 1.807) is 31.2 Å². The van der Waals surface area contributed by atoms with Crippen molar-refractivity contribution in [2.24, 2.45) is 0 Å². The van der Waals surface area contributed by atoms with E-state index in [2.05, 4.69) is 21.3 Å². The zero-order valence-corrected chi connectivity index (χ0v) is 20.2. The predicted molar refractivity (Wildman–Crippen MR) is 135 cm³/mol. The summed E-state index contributed by atoms with van der Waals surface area (Å²) in [7, 11) is 0. The minimum absolute atomic E-state index is 0.0620. The van der Waals surface area contributed by atoms with E-state index in [1.165, 1.54) is 30.3 Å². The van der Waals surface area contributed by atoms with Gasteiger partial charge in [-0.05, 0) is 42.3 Å². The number of benzene rings is 3. The van der Waals surface area contributed by atoms with Gasteiger partial charge in [-0.15, -0.1) is 0 Å². The normalized spacial score (nSPS) is 10.2. The van der Waals surface area contributed by atoms with Crippen LogP contribution >= 0.6 is 0 Å². The van der Waals surface area contributed by atoms with E-state index in [1.807, 2.05) is 18.2 Å². The van der Waals surface area contributed by atoms with Crippen molar-refractivity contribution in [3.63, 3.8) is 0 Å². The molecule has 37 heavy (non-hydrogen) atoms. The standard InChI is InChI=1S/C27H27FN4O5/c1-2-29-26(35)32-20-13-12-19(22(14-20)25(34)21-10-6-7-11-23(21)28)15-30-24(33)16-31-27(36)37-17-18-8-4-3-5-9-18/h3-14H,2,15-17H2,1H3,(H,30,33)(H,31,36)(H2,29,32,35). The summed E-state index contributed by atoms with van der Waals surface area (Å²) in [5.74, 6) is -1.82. The van der Waals surface area contributed by atoms with Crippen molar-refractivity contribution in [2.45, 2.75) is 20.1 Å². The van der Waals surface area contributed by atoms with Gasteiger partial charge < -0.3 is 26.0 Å². The number of alkyl carbamates (subject to hydrolysis) is 1. The summed E-state index contributed by atoms with van der Waals surface area (Å²) < 4.78 is 19.4. The number of anilines is 1. The van der Waals surface area contributed by atoms with Crippen LogP contribution in [0.5, 0.6) is 0 Å². The van der Waals surface area contributed by atoms with Crippen molar-refractivity contribution in [1.29, 1.82) is 0 Å². The lowest BCUT2D eigenvalue weighted by atomic mass is 9.97. The van der Waals surface area contributed by atoms with Gasteiger partial charge in [0.2, 0.25) is 5.91 Å². The molecule has 9 nitrogen and oxygen atoms in total. The molecule has 0 spiro atoms. The maximum atomic E-state index is 14.3. The Morgan fingerprint density at radius 2 is 1.57 bits per heavy atom. The van der Waals surface area contributed by atoms with E-state index < -0.39 is 29.6 Å². The molecule has 0 aliphatic rings. The lowest BCUT2D eigenvalue weighted by molar-refractivity contribution is -0.120. The summed E-state index contributed by atoms with van der Waals surface area (Å²) in [6.45, 7) is 1.81. The molecule has 3 aromatic rings. The second kappa shape index (κ2) is 13.4. The van der Waals surface area contributed by atoms with E-state index in [0.717, 1.165) is 5.56 Å². The molecule has 0 heterocycles. The van der Waals surface area contributed by atoms with E-state index in [0.29, 0.717) is 17.8 Å². The lowest BCUT2D eigenvalue weighted by Crippen LogP contribution is -2.37. The minimum Gasteiger partial charge on any atom is -0.445 e. The highest BCUT2D eigenvalue weighted by Crippen LogP contribution is 2.21. The fraction of sp³-hybridized carbons (Fsp3) is 0.185. The Kier molecular flexibility index (Phi) is 9.72. The van der Waals surface area contributed by atoms with Crippen LogP contribution in [0, 0.1) is 5.82 Å². The number of hydrogen-bond donors (Lipinski definition) is 4. The zero-order chi connectivity index (χ0) is 26.6. The van der Waals surface area contributed by atoms with Crippen molar-refractivity contribution in [2.75, 3.05) is 18.4 Å². The summed E-state index contributed by atoms with van der Waals surface area (Å²) in [4.78, 5) is 49.2. The van der Waals surface area contributed by atoms with E-state index >= 15 is 0 Å². The Morgan fingerprint density at radius 1 is 0.838 bits per heavy atom. The summed E-state index contributed by atoms with van der Waals surface area (Å²) in [6, 6.07) is 18.7. The molecule has 0 aliphatic carbocycles. The van der Waals surface area contributed by atoms with Crippen LogP contribution in [0.3, 0.4) is 0 Å². The number of urea groups is 1. The van der Waals surface area contributed by atoms with Gasteiger partial charge in [-0.25, -0.2) is 14.0 Å². The highest BCUT2D eigenvalue weighted by molar-refractivity contribution is 6.11. The van der Waals surface area contributed by atoms with Crippen molar-refractivity contribution < 1.29 is 28.3 Å². The molecular weight excluding hydrogens is 479 g/mol. The number of hydrogen-bond acceptors (Lipinski definition) is 5. The number of rotatable bonds is 10. The van der Waals surface area contributed by atoms with Gasteiger partial charge >= 0.3 is 12.1 Å². The molecule has 4 amide bonds. The third kappa shape index (κ3) is 8.17. The average Bonchev–Trinajstić information content (AvgIpc) is 2.90. The van der Waals surface area contributed by atoms with Crippen LogP contribution in [-0.2, 0) is 22.7 Å². The molecule has 0 unspecified atom stereocenters. The first-order chi connectivity index (χ1) is 17.9. The predicted octanol–water partition coefficient (Wildman–Crippen LogP) is 3.74. The number of ketones is 1. The van der Waals surface area contributed by atoms with Gasteiger partial charge in [0, 0.05) is 24.3 Å². The quantitative estimate of drug-likeness (QED) is 0.312. The summed E-state index contributed by atoms with van der Waals surface area (Å²) in [6.07, 6.45) is -0.754. The first-order valence-electron chi connectivity index (χ1n) is 11.6. The topological polar surface area (TPSA) is 126 Å². The molecule has 0 aliphatic heterocycles. The lowest BCUT2D eigenvalue weighted by Gasteiger charge is -2.14. The molecule has 3 aromatic carbocycles. The van der Waals surface area contributed by atoms with E-state index in [9.17, 15) is 23.6 Å². The van der Waals surface area contributed by atoms with Crippen LogP contribution in [0.25, 0.3) is 0 Å². The highest BCUT2D eigenvalue weighted by Gasteiger charge is 2.19. The maximum absolute atomic E-state index is 14.3. The molecule has 0 saturated carbocycles. The minimum atomic E-state index is -0.754. The van der Waals surface area contributed by atoms with Crippen molar-refractivity contribution in [1.82, 2.24) is 16.0 Å². The van der Waals surface area contributed by atoms with Gasteiger partial charge in [-0.2, -0.15) is 0 Å². The number of carbonyl (C=O) groups is 4. The van der Waals surface area contributed by atoms with Crippen LogP contribution in [0.4, 0.5) is 19.7 Å². The first-order valence-corrected chi connectivity index (χ1v) is 11.6. The van der Waals surface area contributed by atoms with Crippen molar-refractivity contribution in [3.8, 4) is 0 Å². The van der Waals surface area contributed by atoms with Crippen LogP contribution < -0.4 is 21.3 Å². The SMILES string of the molecule is CCNC(=O)Nc1ccc(CNC(=O)CNC(=O)OCc2ccccc2)c(C(=O)c2ccccc2F)c1. The summed E-state index contributed by atoms with van der Waals surface area (Å²) in [5.41, 5.74) is 1.49. The third-order valence-corrected chi connectivity index (χ3v) is 5.15. The van der Waals surface area contributed by atoms with Gasteiger partial charge in [-0.3, -0.25) is 9.59 Å². The largest absolute Gasteiger partial charge is 0.445 e. The van der Waals surface area contributed by atoms with Crippen LogP contribution in [-0.4, -0.2) is 36.9 Å². The van der Waals surface area contributed by atoms with Crippen LogP contribution in [0.15, 0.2) is 72.8 Å². The Bertz CT molecular complexity index is 1270. The van der Waals surface area contributed by atoms with E-state index in [4.69, 9.17) is 4.74 Å². The monoisotopic (exact) mass is 506 g/mol. The van der Waals surface area contributed by atoms with Crippen molar-refractivity contribution in [3.05, 3.63) is 101 Å². The molecule has 0 fully saturated rings. The van der Waals surface area contributed by atoms with Gasteiger partial charge in [0.1, 0.15) is 19.0 Å². The maximum Gasteiger partial charge on any atom is 0.407 e. The zero-order valence-electron chi connectivity index (χ0n) is 20.2. The molecule has 4 N–H and O–H groups in total. The van der Waals surface area contributed by atoms with Gasteiger partial charge in [0.25, 0.3) is 0 Å². The Morgan fingerprint density at radius 3 is 2.30 bits per heavy atom. The number of ether oxygens (including phenoxy) is 1. The van der Waals surface area contributed by atoms with Gasteiger partial charge in [0.15, 0.2) is 5.78 Å². The molecule has 0 radical (unpaired) electrons. The van der Waals surface area contributed by atoms with E-state index in [-0.39, 0.29) is 30.8 Å². The van der Waals surface area contributed by atoms with Crippen LogP contribution in [0.1, 0.15) is 34.0 Å². The van der Waals surface area contributed by atoms with Gasteiger partial charge in [0.05, 0.1) is 5.56 Å². The fourth-order valence-corrected chi connectivity index (χ4v) is 3.33. The molecular formula is C27H27FN4O5. The Balaban J connectivity index is 1.64. The second-order valence-corrected chi connectivity index (χ2v) is 7.86. The third-order valence-electron chi connectivity index (χ3n) is 5.15. The molecule has 192 valence electrons. The molecule has 0 saturated heterocycles. The molecule has 0 bridgehead atoms. The highest BCUT2D eigenvalue weighted by atomic mass is 19.1. The van der Waals surface area contributed by atoms with Crippen LogP contribution in [0.2, 0.25) is 0 Å².